The lowest BCUT2D eigenvalue weighted by molar-refractivity contribution is -0.121. The Hall–Kier alpha value is -1.82. The van der Waals surface area contributed by atoms with Crippen LogP contribution in [0.15, 0.2) is 16.5 Å². The smallest absolute Gasteiger partial charge is 0.290 e. The largest absolute Gasteiger partial charge is 0.455 e. The van der Waals surface area contributed by atoms with Crippen molar-refractivity contribution in [2.75, 3.05) is 19.6 Å². The summed E-state index contributed by atoms with van der Waals surface area (Å²) in [5.41, 5.74) is 5.45. The molecule has 0 bridgehead atoms. The number of carbonyl (C=O) groups excluding carboxylic acids is 2. The number of nitrogens with zero attached hydrogens (tertiary/aromatic N) is 1. The highest BCUT2D eigenvalue weighted by atomic mass is 16.4. The molecule has 1 rings (SSSR count). The summed E-state index contributed by atoms with van der Waals surface area (Å²) in [7, 11) is 0. The van der Waals surface area contributed by atoms with Crippen LogP contribution in [0.1, 0.15) is 43.0 Å². The highest BCUT2D eigenvalue weighted by Gasteiger charge is 2.20. The topological polar surface area (TPSA) is 88.6 Å². The fourth-order valence-electron chi connectivity index (χ4n) is 1.77. The standard InChI is InChI=1S/C14H23N3O3/c1-3-7-16-13(18)10-17(8-4-2)14(19)12-6-5-11(9-15)20-12/h5-6H,3-4,7-10,15H2,1-2H3,(H,16,18). The summed E-state index contributed by atoms with van der Waals surface area (Å²) < 4.78 is 5.34. The van der Waals surface area contributed by atoms with Crippen molar-refractivity contribution >= 4 is 11.8 Å². The first kappa shape index (κ1) is 16.2. The van der Waals surface area contributed by atoms with E-state index in [0.29, 0.717) is 18.8 Å². The molecule has 0 fully saturated rings. The van der Waals surface area contributed by atoms with Gasteiger partial charge in [-0.2, -0.15) is 0 Å². The van der Waals surface area contributed by atoms with Crippen LogP contribution in [0.4, 0.5) is 0 Å². The van der Waals surface area contributed by atoms with E-state index in [0.717, 1.165) is 12.8 Å². The molecule has 1 aromatic rings. The zero-order valence-corrected chi connectivity index (χ0v) is 12.1. The zero-order valence-electron chi connectivity index (χ0n) is 12.1. The normalized spacial score (nSPS) is 10.3. The highest BCUT2D eigenvalue weighted by Crippen LogP contribution is 2.10. The lowest BCUT2D eigenvalue weighted by Gasteiger charge is -2.20. The lowest BCUT2D eigenvalue weighted by Crippen LogP contribution is -2.41. The van der Waals surface area contributed by atoms with Crippen LogP contribution < -0.4 is 11.1 Å². The van der Waals surface area contributed by atoms with Crippen molar-refractivity contribution < 1.29 is 14.0 Å². The summed E-state index contributed by atoms with van der Waals surface area (Å²) >= 11 is 0. The second-order valence-corrected chi connectivity index (χ2v) is 4.55. The van der Waals surface area contributed by atoms with E-state index < -0.39 is 0 Å². The van der Waals surface area contributed by atoms with Crippen LogP contribution in [0.3, 0.4) is 0 Å². The third-order valence-electron chi connectivity index (χ3n) is 2.76. The predicted molar refractivity (Wildman–Crippen MR) is 76.1 cm³/mol. The average Bonchev–Trinajstić information content (AvgIpc) is 2.92. The molecule has 0 aromatic carbocycles. The van der Waals surface area contributed by atoms with Crippen LogP contribution in [0, 0.1) is 0 Å². The van der Waals surface area contributed by atoms with Gasteiger partial charge in [0.25, 0.3) is 5.91 Å². The Labute approximate surface area is 119 Å². The van der Waals surface area contributed by atoms with Gasteiger partial charge in [0, 0.05) is 13.1 Å². The maximum atomic E-state index is 12.3. The first-order valence-corrected chi connectivity index (χ1v) is 6.97. The Kier molecular flexibility index (Phi) is 6.79. The van der Waals surface area contributed by atoms with Crippen molar-refractivity contribution in [2.45, 2.75) is 33.2 Å². The SMILES string of the molecule is CCCNC(=O)CN(CCC)C(=O)c1ccc(CN)o1. The minimum Gasteiger partial charge on any atom is -0.455 e. The van der Waals surface area contributed by atoms with Gasteiger partial charge in [-0.1, -0.05) is 13.8 Å². The van der Waals surface area contributed by atoms with Gasteiger partial charge in [-0.3, -0.25) is 9.59 Å². The van der Waals surface area contributed by atoms with Crippen molar-refractivity contribution in [3.8, 4) is 0 Å². The van der Waals surface area contributed by atoms with Crippen LogP contribution in [-0.4, -0.2) is 36.3 Å². The maximum Gasteiger partial charge on any atom is 0.290 e. The molecule has 6 nitrogen and oxygen atoms in total. The minimum absolute atomic E-state index is 0.0470. The number of nitrogens with one attached hydrogen (secondary N) is 1. The Morgan fingerprint density at radius 1 is 1.30 bits per heavy atom. The molecule has 0 radical (unpaired) electrons. The summed E-state index contributed by atoms with van der Waals surface area (Å²) in [5.74, 6) is 0.347. The van der Waals surface area contributed by atoms with Crippen molar-refractivity contribution in [3.05, 3.63) is 23.7 Å². The summed E-state index contributed by atoms with van der Waals surface area (Å²) in [6.45, 7) is 5.36. The molecule has 0 spiro atoms. The van der Waals surface area contributed by atoms with E-state index in [9.17, 15) is 9.59 Å². The molecule has 0 saturated carbocycles. The second-order valence-electron chi connectivity index (χ2n) is 4.55. The van der Waals surface area contributed by atoms with Gasteiger partial charge in [0.1, 0.15) is 5.76 Å². The van der Waals surface area contributed by atoms with Crippen molar-refractivity contribution in [1.29, 1.82) is 0 Å². The minimum atomic E-state index is -0.279. The molecule has 112 valence electrons. The van der Waals surface area contributed by atoms with Gasteiger partial charge < -0.3 is 20.4 Å². The molecule has 2 amide bonds. The summed E-state index contributed by atoms with van der Waals surface area (Å²) in [6, 6.07) is 3.27. The van der Waals surface area contributed by atoms with Gasteiger partial charge in [0.15, 0.2) is 5.76 Å². The molecule has 0 saturated heterocycles. The Morgan fingerprint density at radius 3 is 2.60 bits per heavy atom. The molecule has 0 aliphatic carbocycles. The first-order valence-electron chi connectivity index (χ1n) is 6.97. The van der Waals surface area contributed by atoms with Crippen LogP contribution in [0.5, 0.6) is 0 Å². The van der Waals surface area contributed by atoms with E-state index in [1.54, 1.807) is 12.1 Å². The Bertz CT molecular complexity index is 443. The number of carbonyl (C=O) groups is 2. The van der Waals surface area contributed by atoms with Gasteiger partial charge in [0.05, 0.1) is 13.1 Å². The second kappa shape index (κ2) is 8.37. The Morgan fingerprint density at radius 2 is 2.05 bits per heavy atom. The molecule has 0 unspecified atom stereocenters. The number of hydrogen-bond acceptors (Lipinski definition) is 4. The molecule has 1 aromatic heterocycles. The maximum absolute atomic E-state index is 12.3. The van der Waals surface area contributed by atoms with Crippen molar-refractivity contribution in [1.82, 2.24) is 10.2 Å². The third-order valence-corrected chi connectivity index (χ3v) is 2.76. The summed E-state index contributed by atoms with van der Waals surface area (Å²) in [5, 5.41) is 2.76. The van der Waals surface area contributed by atoms with Crippen LogP contribution in [0.2, 0.25) is 0 Å². The first-order chi connectivity index (χ1) is 9.62. The quantitative estimate of drug-likeness (QED) is 0.747. The predicted octanol–water partition coefficient (Wildman–Crippen LogP) is 1.12. The summed E-state index contributed by atoms with van der Waals surface area (Å²) in [6.07, 6.45) is 1.64. The van der Waals surface area contributed by atoms with Gasteiger partial charge in [-0.15, -0.1) is 0 Å². The lowest BCUT2D eigenvalue weighted by atomic mass is 10.3. The summed E-state index contributed by atoms with van der Waals surface area (Å²) in [4.78, 5) is 25.5. The van der Waals surface area contributed by atoms with E-state index in [1.807, 2.05) is 13.8 Å². The monoisotopic (exact) mass is 281 g/mol. The molecule has 6 heteroatoms. The van der Waals surface area contributed by atoms with Crippen LogP contribution in [0.25, 0.3) is 0 Å². The molecule has 1 heterocycles. The molecule has 0 aliphatic rings. The number of nitrogens with two attached hydrogens (primary N) is 1. The van der Waals surface area contributed by atoms with Gasteiger partial charge in [-0.25, -0.2) is 0 Å². The number of hydrogen-bond donors (Lipinski definition) is 2. The van der Waals surface area contributed by atoms with Crippen molar-refractivity contribution in [2.24, 2.45) is 5.73 Å². The molecular weight excluding hydrogens is 258 g/mol. The van der Waals surface area contributed by atoms with E-state index in [2.05, 4.69) is 5.32 Å². The number of rotatable bonds is 8. The average molecular weight is 281 g/mol. The fourth-order valence-corrected chi connectivity index (χ4v) is 1.77. The zero-order chi connectivity index (χ0) is 15.0. The number of furan rings is 1. The van der Waals surface area contributed by atoms with E-state index in [1.165, 1.54) is 4.90 Å². The third kappa shape index (κ3) is 4.70. The van der Waals surface area contributed by atoms with Gasteiger partial charge in [0.2, 0.25) is 5.91 Å². The number of amides is 2. The highest BCUT2D eigenvalue weighted by molar-refractivity contribution is 5.94. The Balaban J connectivity index is 2.68. The van der Waals surface area contributed by atoms with Crippen LogP contribution >= 0.6 is 0 Å². The molecule has 0 aliphatic heterocycles. The fraction of sp³-hybridized carbons (Fsp3) is 0.571. The van der Waals surface area contributed by atoms with Gasteiger partial charge in [-0.05, 0) is 25.0 Å². The molecule has 3 N–H and O–H groups in total. The molecule has 20 heavy (non-hydrogen) atoms. The van der Waals surface area contributed by atoms with Crippen molar-refractivity contribution in [3.63, 3.8) is 0 Å². The van der Waals surface area contributed by atoms with E-state index >= 15 is 0 Å². The van der Waals surface area contributed by atoms with E-state index in [-0.39, 0.29) is 30.7 Å². The van der Waals surface area contributed by atoms with Gasteiger partial charge >= 0.3 is 0 Å². The molecule has 0 atom stereocenters. The van der Waals surface area contributed by atoms with Crippen LogP contribution in [-0.2, 0) is 11.3 Å². The van der Waals surface area contributed by atoms with E-state index in [4.69, 9.17) is 10.2 Å². The molecular formula is C14H23N3O3.